The van der Waals surface area contributed by atoms with Crippen molar-refractivity contribution in [1.29, 1.82) is 0 Å². The van der Waals surface area contributed by atoms with E-state index in [4.69, 9.17) is 9.47 Å². The number of fused-ring (bicyclic) bond motifs is 1. The summed E-state index contributed by atoms with van der Waals surface area (Å²) in [6.45, 7) is 7.13. The third-order valence-corrected chi connectivity index (χ3v) is 11.1. The number of likely N-dealkylation sites (tertiary alicyclic amines) is 1. The number of hydrogen-bond donors (Lipinski definition) is 1. The molecule has 48 heavy (non-hydrogen) atoms. The summed E-state index contributed by atoms with van der Waals surface area (Å²) < 4.78 is 40.5. The molecule has 0 aliphatic carbocycles. The maximum absolute atomic E-state index is 13.2. The Morgan fingerprint density at radius 3 is 2.31 bits per heavy atom. The SMILES string of the molecule is CC(C)c1ccc(CC2(C)Cc3cc(-c4cccc(C(=O)NS(=O)(=O)C5CCN(C(=O)OCc6ccccc6)CC5)c4)ccc3O2)cc1. The van der Waals surface area contributed by atoms with Gasteiger partial charge in [-0.2, -0.15) is 0 Å². The van der Waals surface area contributed by atoms with Gasteiger partial charge in [-0.25, -0.2) is 17.9 Å². The smallest absolute Gasteiger partial charge is 0.410 e. The minimum atomic E-state index is -3.96. The Hall–Kier alpha value is -4.63. The highest BCUT2D eigenvalue weighted by atomic mass is 32.2. The molecule has 9 heteroatoms. The number of nitrogens with zero attached hydrogens (tertiary/aromatic N) is 1. The molecule has 0 radical (unpaired) electrons. The number of piperidine rings is 1. The second kappa shape index (κ2) is 13.8. The predicted molar refractivity (Wildman–Crippen MR) is 186 cm³/mol. The molecule has 1 saturated heterocycles. The Balaban J connectivity index is 1.05. The number of carbonyl (C=O) groups is 2. The molecule has 1 N–H and O–H groups in total. The molecule has 1 atom stereocenters. The molecular weight excluding hydrogens is 625 g/mol. The molecule has 2 amide bonds. The number of carbonyl (C=O) groups excluding carboxylic acids is 2. The number of rotatable bonds is 9. The molecule has 250 valence electrons. The maximum atomic E-state index is 13.2. The summed E-state index contributed by atoms with van der Waals surface area (Å²) in [7, 11) is -3.96. The van der Waals surface area contributed by atoms with Crippen LogP contribution in [0.5, 0.6) is 5.75 Å². The Bertz CT molecular complexity index is 1880. The lowest BCUT2D eigenvalue weighted by atomic mass is 9.90. The predicted octanol–water partition coefficient (Wildman–Crippen LogP) is 7.27. The van der Waals surface area contributed by atoms with Gasteiger partial charge >= 0.3 is 6.09 Å². The lowest BCUT2D eigenvalue weighted by Crippen LogP contribution is -2.46. The summed E-state index contributed by atoms with van der Waals surface area (Å²) in [4.78, 5) is 27.2. The van der Waals surface area contributed by atoms with Crippen LogP contribution in [-0.4, -0.2) is 49.3 Å². The van der Waals surface area contributed by atoms with Crippen molar-refractivity contribution in [3.63, 3.8) is 0 Å². The van der Waals surface area contributed by atoms with Gasteiger partial charge in [0.25, 0.3) is 5.91 Å². The van der Waals surface area contributed by atoms with E-state index in [1.54, 1.807) is 18.2 Å². The molecule has 1 fully saturated rings. The topological polar surface area (TPSA) is 102 Å². The highest BCUT2D eigenvalue weighted by molar-refractivity contribution is 7.90. The summed E-state index contributed by atoms with van der Waals surface area (Å²) in [5.74, 6) is 0.666. The van der Waals surface area contributed by atoms with Crippen molar-refractivity contribution in [2.45, 2.75) is 69.8 Å². The second-order valence-electron chi connectivity index (χ2n) is 13.4. The fraction of sp³-hybridized carbons (Fsp3) is 0.333. The number of benzene rings is 4. The molecule has 2 aliphatic rings. The molecule has 0 aromatic heterocycles. The van der Waals surface area contributed by atoms with Crippen LogP contribution >= 0.6 is 0 Å². The van der Waals surface area contributed by atoms with Crippen molar-refractivity contribution in [1.82, 2.24) is 9.62 Å². The normalized spacial score (nSPS) is 17.9. The molecule has 1 unspecified atom stereocenters. The molecule has 8 nitrogen and oxygen atoms in total. The van der Waals surface area contributed by atoms with Gasteiger partial charge in [-0.3, -0.25) is 4.79 Å². The summed E-state index contributed by atoms with van der Waals surface area (Å²) in [6, 6.07) is 31.1. The molecule has 0 saturated carbocycles. The quantitative estimate of drug-likeness (QED) is 0.202. The second-order valence-corrected chi connectivity index (χ2v) is 15.4. The summed E-state index contributed by atoms with van der Waals surface area (Å²) in [5.41, 5.74) is 6.14. The van der Waals surface area contributed by atoms with Crippen LogP contribution in [0.4, 0.5) is 4.79 Å². The zero-order valence-corrected chi connectivity index (χ0v) is 28.5. The van der Waals surface area contributed by atoms with E-state index in [0.29, 0.717) is 5.92 Å². The van der Waals surface area contributed by atoms with Crippen molar-refractivity contribution in [3.05, 3.63) is 125 Å². The average Bonchev–Trinajstić information content (AvgIpc) is 3.42. The standard InChI is InChI=1S/C39H42N2O6S/c1-27(2)30-14-12-28(13-15-30)24-39(3)25-34-23-32(16-17-36(34)47-39)31-10-7-11-33(22-31)37(42)40-48(44,45)35-18-20-41(21-19-35)38(43)46-26-29-8-5-4-6-9-29/h4-17,22-23,27,35H,18-21,24-26H2,1-3H3,(H,40,42). The zero-order valence-electron chi connectivity index (χ0n) is 27.6. The Kier molecular flexibility index (Phi) is 9.60. The molecule has 2 aliphatic heterocycles. The Labute approximate surface area is 283 Å². The van der Waals surface area contributed by atoms with Crippen LogP contribution in [-0.2, 0) is 34.2 Å². The van der Waals surface area contributed by atoms with Gasteiger partial charge in [0.15, 0.2) is 0 Å². The van der Waals surface area contributed by atoms with Crippen LogP contribution in [0.2, 0.25) is 0 Å². The number of sulfonamides is 1. The number of hydrogen-bond acceptors (Lipinski definition) is 6. The van der Waals surface area contributed by atoms with Gasteiger partial charge in [0.1, 0.15) is 18.0 Å². The zero-order chi connectivity index (χ0) is 33.9. The molecule has 0 bridgehead atoms. The Morgan fingerprint density at radius 1 is 0.896 bits per heavy atom. The third kappa shape index (κ3) is 7.73. The monoisotopic (exact) mass is 666 g/mol. The van der Waals surface area contributed by atoms with Crippen molar-refractivity contribution in [2.75, 3.05) is 13.1 Å². The first-order chi connectivity index (χ1) is 23.0. The van der Waals surface area contributed by atoms with E-state index in [9.17, 15) is 18.0 Å². The van der Waals surface area contributed by atoms with Crippen LogP contribution in [0.1, 0.15) is 72.1 Å². The maximum Gasteiger partial charge on any atom is 0.410 e. The van der Waals surface area contributed by atoms with Gasteiger partial charge < -0.3 is 14.4 Å². The lowest BCUT2D eigenvalue weighted by Gasteiger charge is -2.31. The van der Waals surface area contributed by atoms with E-state index >= 15 is 0 Å². The van der Waals surface area contributed by atoms with Gasteiger partial charge in [0, 0.05) is 31.5 Å². The third-order valence-electron chi connectivity index (χ3n) is 9.24. The van der Waals surface area contributed by atoms with E-state index in [0.717, 1.165) is 40.8 Å². The summed E-state index contributed by atoms with van der Waals surface area (Å²) in [5, 5.41) is -0.790. The summed E-state index contributed by atoms with van der Waals surface area (Å²) in [6.07, 6.45) is 1.49. The minimum absolute atomic E-state index is 0.152. The first-order valence-electron chi connectivity index (χ1n) is 16.5. The van der Waals surface area contributed by atoms with Gasteiger partial charge in [-0.05, 0) is 83.3 Å². The molecule has 0 spiro atoms. The van der Waals surface area contributed by atoms with Crippen molar-refractivity contribution >= 4 is 22.0 Å². The van der Waals surface area contributed by atoms with E-state index in [1.807, 2.05) is 48.5 Å². The van der Waals surface area contributed by atoms with E-state index in [1.165, 1.54) is 16.0 Å². The van der Waals surface area contributed by atoms with Gasteiger partial charge in [0.2, 0.25) is 10.0 Å². The molecule has 4 aromatic carbocycles. The lowest BCUT2D eigenvalue weighted by molar-refractivity contribution is 0.0892. The van der Waals surface area contributed by atoms with Gasteiger partial charge in [0.05, 0.1) is 5.25 Å². The van der Waals surface area contributed by atoms with E-state index in [2.05, 4.69) is 55.8 Å². The fourth-order valence-corrected chi connectivity index (χ4v) is 7.90. The first kappa shape index (κ1) is 33.3. The largest absolute Gasteiger partial charge is 0.487 e. The number of amides is 2. The minimum Gasteiger partial charge on any atom is -0.487 e. The van der Waals surface area contributed by atoms with Crippen LogP contribution in [0.15, 0.2) is 97.1 Å². The van der Waals surface area contributed by atoms with Crippen LogP contribution in [0.3, 0.4) is 0 Å². The van der Waals surface area contributed by atoms with Crippen molar-refractivity contribution in [2.24, 2.45) is 0 Å². The molecule has 4 aromatic rings. The van der Waals surface area contributed by atoms with Gasteiger partial charge in [-0.1, -0.05) is 86.6 Å². The highest BCUT2D eigenvalue weighted by Crippen LogP contribution is 2.39. The van der Waals surface area contributed by atoms with Crippen LogP contribution in [0.25, 0.3) is 11.1 Å². The fourth-order valence-electron chi connectivity index (χ4n) is 6.52. The molecular formula is C39H42N2O6S. The van der Waals surface area contributed by atoms with Crippen molar-refractivity contribution < 1.29 is 27.5 Å². The highest BCUT2D eigenvalue weighted by Gasteiger charge is 2.36. The van der Waals surface area contributed by atoms with Crippen LogP contribution < -0.4 is 9.46 Å². The Morgan fingerprint density at radius 2 is 1.60 bits per heavy atom. The van der Waals surface area contributed by atoms with E-state index in [-0.39, 0.29) is 43.7 Å². The molecule has 2 heterocycles. The molecule has 6 rings (SSSR count). The van der Waals surface area contributed by atoms with Gasteiger partial charge in [-0.15, -0.1) is 0 Å². The first-order valence-corrected chi connectivity index (χ1v) is 18.1. The van der Waals surface area contributed by atoms with Crippen LogP contribution in [0, 0.1) is 0 Å². The average molecular weight is 667 g/mol. The van der Waals surface area contributed by atoms with E-state index < -0.39 is 27.3 Å². The summed E-state index contributed by atoms with van der Waals surface area (Å²) >= 11 is 0. The number of nitrogens with one attached hydrogen (secondary N) is 1. The van der Waals surface area contributed by atoms with Crippen molar-refractivity contribution in [3.8, 4) is 16.9 Å². The number of ether oxygens (including phenoxy) is 2.